The molecule has 0 spiro atoms. The largest absolute Gasteiger partial charge is 0.370 e. The van der Waals surface area contributed by atoms with Crippen molar-refractivity contribution < 1.29 is 4.79 Å². The molecule has 0 saturated carbocycles. The van der Waals surface area contributed by atoms with E-state index in [1.165, 1.54) is 17.4 Å². The number of halogens is 1. The van der Waals surface area contributed by atoms with E-state index in [9.17, 15) is 4.79 Å². The number of amides is 1. The van der Waals surface area contributed by atoms with Crippen molar-refractivity contribution in [2.24, 2.45) is 0 Å². The average molecular weight is 431 g/mol. The predicted octanol–water partition coefficient (Wildman–Crippen LogP) is 3.63. The standard InChI is InChI=1S/C20H23ClN6OS/c1-25(2)14-7-9-26(10-8-14)15-3-5-17(22-13-15)23-18(28)6-4-16-19(21)24-20-27(16)11-12-29-20/h3-6,11-14H,7-10H2,1-2H3,(H,22,23,28)/b6-4+. The molecule has 9 heteroatoms. The lowest BCUT2D eigenvalue weighted by Crippen LogP contribution is -2.42. The van der Waals surface area contributed by atoms with Crippen LogP contribution in [0.25, 0.3) is 11.0 Å². The number of piperidine rings is 1. The molecule has 4 heterocycles. The zero-order valence-corrected chi connectivity index (χ0v) is 18.0. The molecule has 152 valence electrons. The maximum Gasteiger partial charge on any atom is 0.249 e. The van der Waals surface area contributed by atoms with E-state index >= 15 is 0 Å². The lowest BCUT2D eigenvalue weighted by atomic mass is 10.0. The summed E-state index contributed by atoms with van der Waals surface area (Å²) < 4.78 is 1.85. The zero-order chi connectivity index (χ0) is 20.4. The predicted molar refractivity (Wildman–Crippen MR) is 119 cm³/mol. The van der Waals surface area contributed by atoms with Crippen molar-refractivity contribution in [3.8, 4) is 0 Å². The highest BCUT2D eigenvalue weighted by atomic mass is 35.5. The first kappa shape index (κ1) is 19.9. The van der Waals surface area contributed by atoms with E-state index < -0.39 is 0 Å². The summed E-state index contributed by atoms with van der Waals surface area (Å²) in [5.41, 5.74) is 1.77. The Hall–Kier alpha value is -2.42. The lowest BCUT2D eigenvalue weighted by Gasteiger charge is -2.36. The maximum absolute atomic E-state index is 12.3. The number of aromatic nitrogens is 3. The molecular weight excluding hydrogens is 408 g/mol. The fourth-order valence-corrected chi connectivity index (χ4v) is 4.54. The summed E-state index contributed by atoms with van der Waals surface area (Å²) >= 11 is 7.63. The molecule has 7 nitrogen and oxygen atoms in total. The van der Waals surface area contributed by atoms with E-state index in [2.05, 4.69) is 39.2 Å². The quantitative estimate of drug-likeness (QED) is 0.626. The van der Waals surface area contributed by atoms with Gasteiger partial charge in [0.15, 0.2) is 10.1 Å². The highest BCUT2D eigenvalue weighted by Crippen LogP contribution is 2.23. The molecule has 1 aliphatic heterocycles. The first-order chi connectivity index (χ1) is 14.0. The average Bonchev–Trinajstić information content (AvgIpc) is 3.28. The first-order valence-corrected chi connectivity index (χ1v) is 10.7. The van der Waals surface area contributed by atoms with Gasteiger partial charge in [0.2, 0.25) is 5.91 Å². The molecule has 3 aromatic rings. The monoisotopic (exact) mass is 430 g/mol. The second-order valence-corrected chi connectivity index (χ2v) is 8.48. The van der Waals surface area contributed by atoms with Gasteiger partial charge in [-0.05, 0) is 45.1 Å². The van der Waals surface area contributed by atoms with Crippen LogP contribution >= 0.6 is 22.9 Å². The molecule has 1 fully saturated rings. The van der Waals surface area contributed by atoms with Gasteiger partial charge in [-0.25, -0.2) is 9.97 Å². The fourth-order valence-electron chi connectivity index (χ4n) is 3.54. The zero-order valence-electron chi connectivity index (χ0n) is 16.4. The van der Waals surface area contributed by atoms with Gasteiger partial charge >= 0.3 is 0 Å². The molecule has 1 amide bonds. The van der Waals surface area contributed by atoms with Gasteiger partial charge in [0, 0.05) is 36.8 Å². The number of hydrogen-bond acceptors (Lipinski definition) is 6. The van der Waals surface area contributed by atoms with Gasteiger partial charge in [0.05, 0.1) is 17.6 Å². The highest BCUT2D eigenvalue weighted by Gasteiger charge is 2.20. The highest BCUT2D eigenvalue weighted by molar-refractivity contribution is 7.15. The first-order valence-electron chi connectivity index (χ1n) is 9.49. The van der Waals surface area contributed by atoms with Gasteiger partial charge in [-0.1, -0.05) is 11.6 Å². The smallest absolute Gasteiger partial charge is 0.249 e. The number of thiazole rings is 1. The maximum atomic E-state index is 12.3. The summed E-state index contributed by atoms with van der Waals surface area (Å²) in [5.74, 6) is 0.255. The van der Waals surface area contributed by atoms with Crippen LogP contribution in [0.4, 0.5) is 11.5 Å². The molecule has 1 aliphatic rings. The second-order valence-electron chi connectivity index (χ2n) is 7.25. The fraction of sp³-hybridized carbons (Fsp3) is 0.350. The van der Waals surface area contributed by atoms with Gasteiger partial charge in [0.1, 0.15) is 5.82 Å². The van der Waals surface area contributed by atoms with Gasteiger partial charge in [-0.15, -0.1) is 11.3 Å². The van der Waals surface area contributed by atoms with Crippen LogP contribution in [0.5, 0.6) is 0 Å². The molecule has 0 atom stereocenters. The molecule has 3 aromatic heterocycles. The number of carbonyl (C=O) groups excluding carboxylic acids is 1. The van der Waals surface area contributed by atoms with Crippen LogP contribution in [0.1, 0.15) is 18.5 Å². The summed E-state index contributed by atoms with van der Waals surface area (Å²) in [6.07, 6.45) is 9.08. The normalized spacial score (nSPS) is 15.7. The molecule has 1 N–H and O–H groups in total. The van der Waals surface area contributed by atoms with E-state index in [4.69, 9.17) is 11.6 Å². The number of pyridine rings is 1. The van der Waals surface area contributed by atoms with Crippen LogP contribution in [-0.2, 0) is 4.79 Å². The van der Waals surface area contributed by atoms with Crippen LogP contribution in [0.3, 0.4) is 0 Å². The number of anilines is 2. The van der Waals surface area contributed by atoms with Crippen LogP contribution < -0.4 is 10.2 Å². The number of rotatable bonds is 5. The van der Waals surface area contributed by atoms with Crippen molar-refractivity contribution in [1.82, 2.24) is 19.3 Å². The molecule has 0 bridgehead atoms. The summed E-state index contributed by atoms with van der Waals surface area (Å²) in [4.78, 5) is 26.3. The minimum atomic E-state index is -0.265. The SMILES string of the molecule is CN(C)C1CCN(c2ccc(NC(=O)/C=C/c3c(Cl)nc4sccn34)nc2)CC1. The Bertz CT molecular complexity index is 1020. The number of nitrogens with one attached hydrogen (secondary N) is 1. The Balaban J connectivity index is 1.36. The molecule has 0 aromatic carbocycles. The van der Waals surface area contributed by atoms with E-state index in [1.54, 1.807) is 6.08 Å². The Kier molecular flexibility index (Phi) is 5.84. The Morgan fingerprint density at radius 1 is 1.34 bits per heavy atom. The second kappa shape index (κ2) is 8.52. The summed E-state index contributed by atoms with van der Waals surface area (Å²) in [6.45, 7) is 2.03. The topological polar surface area (TPSA) is 65.8 Å². The molecular formula is C20H23ClN6OS. The van der Waals surface area contributed by atoms with Crippen molar-refractivity contribution in [3.05, 3.63) is 46.8 Å². The Labute approximate surface area is 178 Å². The summed E-state index contributed by atoms with van der Waals surface area (Å²) in [5, 5.41) is 5.08. The van der Waals surface area contributed by atoms with Crippen molar-refractivity contribution >= 4 is 51.4 Å². The van der Waals surface area contributed by atoms with E-state index in [1.807, 2.05) is 34.3 Å². The van der Waals surface area contributed by atoms with Crippen molar-refractivity contribution in [2.75, 3.05) is 37.4 Å². The Morgan fingerprint density at radius 2 is 2.14 bits per heavy atom. The molecule has 0 radical (unpaired) electrons. The number of hydrogen-bond donors (Lipinski definition) is 1. The number of carbonyl (C=O) groups is 1. The van der Waals surface area contributed by atoms with Gasteiger partial charge in [-0.3, -0.25) is 9.20 Å². The van der Waals surface area contributed by atoms with Crippen molar-refractivity contribution in [1.29, 1.82) is 0 Å². The Morgan fingerprint density at radius 3 is 2.83 bits per heavy atom. The van der Waals surface area contributed by atoms with Crippen LogP contribution in [-0.4, -0.2) is 58.4 Å². The van der Waals surface area contributed by atoms with Crippen molar-refractivity contribution in [3.63, 3.8) is 0 Å². The van der Waals surface area contributed by atoms with Gasteiger partial charge in [0.25, 0.3) is 0 Å². The van der Waals surface area contributed by atoms with E-state index in [0.29, 0.717) is 22.7 Å². The number of imidazole rings is 1. The van der Waals surface area contributed by atoms with Gasteiger partial charge in [-0.2, -0.15) is 0 Å². The van der Waals surface area contributed by atoms with Crippen LogP contribution in [0.2, 0.25) is 5.15 Å². The minimum Gasteiger partial charge on any atom is -0.370 e. The summed E-state index contributed by atoms with van der Waals surface area (Å²) in [6, 6.07) is 4.48. The molecule has 0 aliphatic carbocycles. The number of fused-ring (bicyclic) bond motifs is 1. The van der Waals surface area contributed by atoms with Crippen LogP contribution in [0.15, 0.2) is 36.0 Å². The summed E-state index contributed by atoms with van der Waals surface area (Å²) in [7, 11) is 4.27. The third-order valence-electron chi connectivity index (χ3n) is 5.21. The van der Waals surface area contributed by atoms with Gasteiger partial charge < -0.3 is 15.1 Å². The van der Waals surface area contributed by atoms with E-state index in [0.717, 1.165) is 36.6 Å². The lowest BCUT2D eigenvalue weighted by molar-refractivity contribution is -0.111. The molecule has 4 rings (SSSR count). The number of nitrogens with zero attached hydrogens (tertiary/aromatic N) is 5. The minimum absolute atomic E-state index is 0.265. The van der Waals surface area contributed by atoms with Crippen LogP contribution in [0, 0.1) is 0 Å². The van der Waals surface area contributed by atoms with Crippen molar-refractivity contribution in [2.45, 2.75) is 18.9 Å². The molecule has 29 heavy (non-hydrogen) atoms. The third kappa shape index (κ3) is 4.44. The third-order valence-corrected chi connectivity index (χ3v) is 6.24. The molecule has 0 unspecified atom stereocenters. The molecule has 1 saturated heterocycles. The van der Waals surface area contributed by atoms with E-state index in [-0.39, 0.29) is 5.91 Å².